The molecule has 0 bridgehead atoms. The van der Waals surface area contributed by atoms with Gasteiger partial charge in [0.2, 0.25) is 0 Å². The molecule has 0 spiro atoms. The van der Waals surface area contributed by atoms with Crippen LogP contribution >= 0.6 is 0 Å². The molecule has 0 fully saturated rings. The lowest BCUT2D eigenvalue weighted by Gasteiger charge is -2.13. The number of nitrogens with zero attached hydrogens (tertiary/aromatic N) is 2. The molecule has 0 radical (unpaired) electrons. The molecule has 0 atom stereocenters. The third kappa shape index (κ3) is 2.40. The summed E-state index contributed by atoms with van der Waals surface area (Å²) in [5.74, 6) is 0.302. The highest BCUT2D eigenvalue weighted by molar-refractivity contribution is 5.91. The minimum atomic E-state index is -4.41. The van der Waals surface area contributed by atoms with E-state index in [1.807, 2.05) is 0 Å². The Hall–Kier alpha value is -2.63. The number of fused-ring (bicyclic) bond motifs is 1. The molecule has 3 aromatic rings. The Bertz CT molecular complexity index is 813. The SMILES string of the molecule is Nc1ncnc2cc(-c3ccccc3C(F)(F)F)ccc12. The fourth-order valence-corrected chi connectivity index (χ4v) is 2.23. The first-order valence-corrected chi connectivity index (χ1v) is 6.13. The lowest BCUT2D eigenvalue weighted by molar-refractivity contribution is -0.137. The highest BCUT2D eigenvalue weighted by Gasteiger charge is 2.33. The number of nitrogens with two attached hydrogens (primary N) is 1. The molecular formula is C15H10F3N3. The third-order valence-electron chi connectivity index (χ3n) is 3.21. The monoisotopic (exact) mass is 289 g/mol. The maximum absolute atomic E-state index is 13.1. The van der Waals surface area contributed by atoms with Crippen molar-refractivity contribution in [2.75, 3.05) is 5.73 Å². The summed E-state index contributed by atoms with van der Waals surface area (Å²) in [6.07, 6.45) is -3.12. The van der Waals surface area contributed by atoms with Crippen LogP contribution in [0.5, 0.6) is 0 Å². The minimum absolute atomic E-state index is 0.115. The second-order valence-electron chi connectivity index (χ2n) is 4.53. The van der Waals surface area contributed by atoms with Gasteiger partial charge in [0.05, 0.1) is 11.1 Å². The number of alkyl halides is 3. The van der Waals surface area contributed by atoms with E-state index in [4.69, 9.17) is 5.73 Å². The van der Waals surface area contributed by atoms with E-state index in [0.717, 1.165) is 6.07 Å². The van der Waals surface area contributed by atoms with Crippen molar-refractivity contribution in [1.29, 1.82) is 0 Å². The van der Waals surface area contributed by atoms with Crippen LogP contribution in [0.1, 0.15) is 5.56 Å². The number of benzene rings is 2. The van der Waals surface area contributed by atoms with Crippen LogP contribution in [0.25, 0.3) is 22.0 Å². The first kappa shape index (κ1) is 13.4. The standard InChI is InChI=1S/C15H10F3N3/c16-15(17,18)12-4-2-1-3-10(12)9-5-6-11-13(7-9)20-8-21-14(11)19/h1-8H,(H2,19,20,21). The summed E-state index contributed by atoms with van der Waals surface area (Å²) in [7, 11) is 0. The zero-order valence-electron chi connectivity index (χ0n) is 10.7. The highest BCUT2D eigenvalue weighted by Crippen LogP contribution is 2.37. The van der Waals surface area contributed by atoms with Crippen molar-refractivity contribution in [2.45, 2.75) is 6.18 Å². The molecule has 6 heteroatoms. The molecule has 2 N–H and O–H groups in total. The van der Waals surface area contributed by atoms with Crippen molar-refractivity contribution in [3.63, 3.8) is 0 Å². The maximum Gasteiger partial charge on any atom is 0.417 e. The summed E-state index contributed by atoms with van der Waals surface area (Å²) >= 11 is 0. The number of anilines is 1. The van der Waals surface area contributed by atoms with E-state index >= 15 is 0 Å². The van der Waals surface area contributed by atoms with Crippen LogP contribution in [0.3, 0.4) is 0 Å². The molecule has 0 aliphatic rings. The summed E-state index contributed by atoms with van der Waals surface area (Å²) < 4.78 is 39.2. The summed E-state index contributed by atoms with van der Waals surface area (Å²) in [5.41, 5.74) is 6.10. The van der Waals surface area contributed by atoms with E-state index in [-0.39, 0.29) is 5.56 Å². The van der Waals surface area contributed by atoms with Crippen molar-refractivity contribution in [3.8, 4) is 11.1 Å². The lowest BCUT2D eigenvalue weighted by Crippen LogP contribution is -2.06. The lowest BCUT2D eigenvalue weighted by atomic mass is 9.98. The molecule has 0 amide bonds. The molecule has 1 aromatic heterocycles. The maximum atomic E-state index is 13.1. The number of rotatable bonds is 1. The van der Waals surface area contributed by atoms with Crippen molar-refractivity contribution in [2.24, 2.45) is 0 Å². The quantitative estimate of drug-likeness (QED) is 0.739. The smallest absolute Gasteiger partial charge is 0.383 e. The Morgan fingerprint density at radius 3 is 2.48 bits per heavy atom. The van der Waals surface area contributed by atoms with Crippen LogP contribution in [0.15, 0.2) is 48.8 Å². The normalized spacial score (nSPS) is 11.8. The Kier molecular flexibility index (Phi) is 3.01. The number of hydrogen-bond acceptors (Lipinski definition) is 3. The zero-order chi connectivity index (χ0) is 15.0. The first-order valence-electron chi connectivity index (χ1n) is 6.13. The molecule has 0 unspecified atom stereocenters. The fourth-order valence-electron chi connectivity index (χ4n) is 2.23. The van der Waals surface area contributed by atoms with Crippen LogP contribution < -0.4 is 5.73 Å². The van der Waals surface area contributed by atoms with Crippen LogP contribution in [-0.2, 0) is 6.18 Å². The number of nitrogen functional groups attached to an aromatic ring is 1. The van der Waals surface area contributed by atoms with Gasteiger partial charge in [-0.15, -0.1) is 0 Å². The molecule has 2 aromatic carbocycles. The van der Waals surface area contributed by atoms with E-state index in [1.165, 1.54) is 18.5 Å². The predicted octanol–water partition coefficient (Wildman–Crippen LogP) is 3.90. The van der Waals surface area contributed by atoms with Gasteiger partial charge in [-0.05, 0) is 29.3 Å². The average Bonchev–Trinajstić information content (AvgIpc) is 2.46. The van der Waals surface area contributed by atoms with Crippen molar-refractivity contribution in [3.05, 3.63) is 54.4 Å². The molecule has 3 nitrogen and oxygen atoms in total. The summed E-state index contributed by atoms with van der Waals surface area (Å²) in [5, 5.41) is 0.616. The predicted molar refractivity (Wildman–Crippen MR) is 74.4 cm³/mol. The number of hydrogen-bond donors (Lipinski definition) is 1. The Labute approximate surface area is 118 Å². The number of halogens is 3. The third-order valence-corrected chi connectivity index (χ3v) is 3.21. The summed E-state index contributed by atoms with van der Waals surface area (Å²) in [4.78, 5) is 7.90. The largest absolute Gasteiger partial charge is 0.417 e. The Balaban J connectivity index is 2.22. The van der Waals surface area contributed by atoms with Gasteiger partial charge in [0, 0.05) is 5.39 Å². The minimum Gasteiger partial charge on any atom is -0.383 e. The van der Waals surface area contributed by atoms with Gasteiger partial charge in [-0.3, -0.25) is 0 Å². The van der Waals surface area contributed by atoms with E-state index in [1.54, 1.807) is 24.3 Å². The first-order chi connectivity index (χ1) is 9.97. The zero-order valence-corrected chi connectivity index (χ0v) is 10.7. The van der Waals surface area contributed by atoms with Gasteiger partial charge < -0.3 is 5.73 Å². The molecule has 3 rings (SSSR count). The van der Waals surface area contributed by atoms with Crippen molar-refractivity contribution >= 4 is 16.7 Å². The van der Waals surface area contributed by atoms with Gasteiger partial charge in [0.25, 0.3) is 0 Å². The second-order valence-corrected chi connectivity index (χ2v) is 4.53. The van der Waals surface area contributed by atoms with Crippen LogP contribution in [0, 0.1) is 0 Å². The molecule has 21 heavy (non-hydrogen) atoms. The van der Waals surface area contributed by atoms with Gasteiger partial charge in [-0.2, -0.15) is 13.2 Å². The molecule has 1 heterocycles. The van der Waals surface area contributed by atoms with Crippen molar-refractivity contribution in [1.82, 2.24) is 9.97 Å². The fraction of sp³-hybridized carbons (Fsp3) is 0.0667. The van der Waals surface area contributed by atoms with Crippen LogP contribution in [0.4, 0.5) is 19.0 Å². The van der Waals surface area contributed by atoms with Gasteiger partial charge in [0.1, 0.15) is 12.1 Å². The molecule has 106 valence electrons. The van der Waals surface area contributed by atoms with E-state index in [0.29, 0.717) is 22.3 Å². The van der Waals surface area contributed by atoms with E-state index in [2.05, 4.69) is 9.97 Å². The molecule has 0 aliphatic carbocycles. The second kappa shape index (κ2) is 4.73. The van der Waals surface area contributed by atoms with E-state index in [9.17, 15) is 13.2 Å². The van der Waals surface area contributed by atoms with Crippen LogP contribution in [-0.4, -0.2) is 9.97 Å². The average molecular weight is 289 g/mol. The van der Waals surface area contributed by atoms with E-state index < -0.39 is 11.7 Å². The number of aromatic nitrogens is 2. The van der Waals surface area contributed by atoms with Gasteiger partial charge in [0.15, 0.2) is 0 Å². The Morgan fingerprint density at radius 1 is 0.952 bits per heavy atom. The molecular weight excluding hydrogens is 279 g/mol. The topological polar surface area (TPSA) is 51.8 Å². The Morgan fingerprint density at radius 2 is 1.71 bits per heavy atom. The molecule has 0 saturated heterocycles. The van der Waals surface area contributed by atoms with Gasteiger partial charge in [-0.1, -0.05) is 24.3 Å². The van der Waals surface area contributed by atoms with Gasteiger partial charge in [-0.25, -0.2) is 9.97 Å². The summed E-state index contributed by atoms with van der Waals surface area (Å²) in [6.45, 7) is 0. The highest BCUT2D eigenvalue weighted by atomic mass is 19.4. The van der Waals surface area contributed by atoms with Crippen molar-refractivity contribution < 1.29 is 13.2 Å². The van der Waals surface area contributed by atoms with Gasteiger partial charge >= 0.3 is 6.18 Å². The molecule has 0 saturated carbocycles. The molecule has 0 aliphatic heterocycles. The summed E-state index contributed by atoms with van der Waals surface area (Å²) in [6, 6.07) is 10.2. The van der Waals surface area contributed by atoms with Crippen LogP contribution in [0.2, 0.25) is 0 Å².